The van der Waals surface area contributed by atoms with Crippen LogP contribution in [0.3, 0.4) is 0 Å². The standard InChI is InChI=1S/C17H23N3O3/c1-23-14-4-2-13(3-5-14)12-16(21)20-8-6-15-17(22)18-7-9-19(15)10-11-20/h2-5,15H,6-12H2,1H3,(H,18,22). The number of hydrogen-bond donors (Lipinski definition) is 1. The summed E-state index contributed by atoms with van der Waals surface area (Å²) in [5, 5.41) is 2.91. The normalized spacial score (nSPS) is 22.0. The van der Waals surface area contributed by atoms with Gasteiger partial charge in [0, 0.05) is 32.7 Å². The smallest absolute Gasteiger partial charge is 0.237 e. The number of fused-ring (bicyclic) bond motifs is 1. The molecule has 6 heteroatoms. The van der Waals surface area contributed by atoms with Crippen LogP contribution in [0.25, 0.3) is 0 Å². The molecule has 1 N–H and O–H groups in total. The third kappa shape index (κ3) is 3.64. The molecule has 1 aromatic carbocycles. The van der Waals surface area contributed by atoms with Gasteiger partial charge in [-0.15, -0.1) is 0 Å². The number of benzene rings is 1. The Hall–Kier alpha value is -2.08. The Labute approximate surface area is 136 Å². The molecular weight excluding hydrogens is 294 g/mol. The highest BCUT2D eigenvalue weighted by molar-refractivity contribution is 5.83. The summed E-state index contributed by atoms with van der Waals surface area (Å²) < 4.78 is 5.13. The van der Waals surface area contributed by atoms with Gasteiger partial charge in [0.2, 0.25) is 11.8 Å². The quantitative estimate of drug-likeness (QED) is 0.869. The van der Waals surface area contributed by atoms with Gasteiger partial charge in [-0.1, -0.05) is 12.1 Å². The minimum Gasteiger partial charge on any atom is -0.497 e. The molecule has 1 unspecified atom stereocenters. The third-order valence-electron chi connectivity index (χ3n) is 4.64. The van der Waals surface area contributed by atoms with E-state index in [1.165, 1.54) is 0 Å². The molecule has 2 aliphatic heterocycles. The molecule has 23 heavy (non-hydrogen) atoms. The van der Waals surface area contributed by atoms with E-state index >= 15 is 0 Å². The molecule has 0 spiro atoms. The SMILES string of the molecule is COc1ccc(CC(=O)N2CCC3C(=O)NCCN3CC2)cc1. The van der Waals surface area contributed by atoms with Gasteiger partial charge in [0.25, 0.3) is 0 Å². The van der Waals surface area contributed by atoms with E-state index in [1.54, 1.807) is 7.11 Å². The second-order valence-corrected chi connectivity index (χ2v) is 6.04. The molecule has 0 saturated carbocycles. The number of nitrogens with zero attached hydrogens (tertiary/aromatic N) is 2. The molecular formula is C17H23N3O3. The number of carbonyl (C=O) groups is 2. The monoisotopic (exact) mass is 317 g/mol. The molecule has 0 aromatic heterocycles. The molecule has 0 bridgehead atoms. The van der Waals surface area contributed by atoms with E-state index in [0.717, 1.165) is 24.4 Å². The lowest BCUT2D eigenvalue weighted by molar-refractivity contribution is -0.131. The summed E-state index contributed by atoms with van der Waals surface area (Å²) in [6.07, 6.45) is 1.10. The second kappa shape index (κ2) is 7.00. The summed E-state index contributed by atoms with van der Waals surface area (Å²) in [5.41, 5.74) is 0.982. The largest absolute Gasteiger partial charge is 0.497 e. The lowest BCUT2D eigenvalue weighted by atomic mass is 10.1. The van der Waals surface area contributed by atoms with Gasteiger partial charge in [-0.3, -0.25) is 14.5 Å². The van der Waals surface area contributed by atoms with Crippen LogP contribution in [0.15, 0.2) is 24.3 Å². The molecule has 6 nitrogen and oxygen atoms in total. The van der Waals surface area contributed by atoms with Crippen LogP contribution in [-0.2, 0) is 16.0 Å². The van der Waals surface area contributed by atoms with E-state index in [1.807, 2.05) is 29.2 Å². The highest BCUT2D eigenvalue weighted by Gasteiger charge is 2.33. The Morgan fingerprint density at radius 3 is 2.74 bits per heavy atom. The van der Waals surface area contributed by atoms with Crippen LogP contribution in [0.1, 0.15) is 12.0 Å². The van der Waals surface area contributed by atoms with Crippen molar-refractivity contribution in [1.82, 2.24) is 15.1 Å². The summed E-state index contributed by atoms with van der Waals surface area (Å²) in [4.78, 5) is 28.6. The Morgan fingerprint density at radius 2 is 2.00 bits per heavy atom. The van der Waals surface area contributed by atoms with Gasteiger partial charge in [-0.25, -0.2) is 0 Å². The highest BCUT2D eigenvalue weighted by atomic mass is 16.5. The van der Waals surface area contributed by atoms with Crippen LogP contribution in [0, 0.1) is 0 Å². The maximum absolute atomic E-state index is 12.5. The highest BCUT2D eigenvalue weighted by Crippen LogP contribution is 2.16. The molecule has 2 saturated heterocycles. The Kier molecular flexibility index (Phi) is 4.81. The topological polar surface area (TPSA) is 61.9 Å². The van der Waals surface area contributed by atoms with Crippen molar-refractivity contribution < 1.29 is 14.3 Å². The number of piperazine rings is 1. The van der Waals surface area contributed by atoms with Crippen LogP contribution >= 0.6 is 0 Å². The molecule has 1 aromatic rings. The first kappa shape index (κ1) is 15.8. The van der Waals surface area contributed by atoms with Crippen LogP contribution in [0.2, 0.25) is 0 Å². The zero-order chi connectivity index (χ0) is 16.2. The fourth-order valence-corrected chi connectivity index (χ4v) is 3.26. The van der Waals surface area contributed by atoms with E-state index in [4.69, 9.17) is 4.74 Å². The predicted molar refractivity (Wildman–Crippen MR) is 86.3 cm³/mol. The van der Waals surface area contributed by atoms with Crippen molar-refractivity contribution in [3.05, 3.63) is 29.8 Å². The Balaban J connectivity index is 1.60. The zero-order valence-corrected chi connectivity index (χ0v) is 13.5. The predicted octanol–water partition coefficient (Wildman–Crippen LogP) is 0.270. The molecule has 1 atom stereocenters. The van der Waals surface area contributed by atoms with Crippen LogP contribution in [0.5, 0.6) is 5.75 Å². The molecule has 2 heterocycles. The summed E-state index contributed by atoms with van der Waals surface area (Å²) in [6.45, 7) is 3.68. The van der Waals surface area contributed by atoms with Crippen LogP contribution in [0.4, 0.5) is 0 Å². The fraction of sp³-hybridized carbons (Fsp3) is 0.529. The number of carbonyl (C=O) groups excluding carboxylic acids is 2. The first-order valence-electron chi connectivity index (χ1n) is 8.10. The molecule has 2 amide bonds. The Morgan fingerprint density at radius 1 is 1.22 bits per heavy atom. The van der Waals surface area contributed by atoms with Crippen molar-refractivity contribution in [3.8, 4) is 5.75 Å². The molecule has 0 radical (unpaired) electrons. The van der Waals surface area contributed by atoms with Gasteiger partial charge in [-0.05, 0) is 24.1 Å². The van der Waals surface area contributed by atoms with Gasteiger partial charge < -0.3 is 15.0 Å². The number of nitrogens with one attached hydrogen (secondary N) is 1. The van der Waals surface area contributed by atoms with Gasteiger partial charge in [0.15, 0.2) is 0 Å². The number of rotatable bonds is 3. The summed E-state index contributed by atoms with van der Waals surface area (Å²) in [5.74, 6) is 1.01. The van der Waals surface area contributed by atoms with E-state index in [-0.39, 0.29) is 17.9 Å². The molecule has 124 valence electrons. The maximum atomic E-state index is 12.5. The Bertz CT molecular complexity index is 573. The molecule has 0 aliphatic carbocycles. The lowest BCUT2D eigenvalue weighted by Crippen LogP contribution is -2.55. The van der Waals surface area contributed by atoms with Crippen LogP contribution < -0.4 is 10.1 Å². The van der Waals surface area contributed by atoms with Gasteiger partial charge >= 0.3 is 0 Å². The molecule has 2 aliphatic rings. The average Bonchev–Trinajstić information content (AvgIpc) is 2.79. The minimum atomic E-state index is -0.0810. The molecule has 2 fully saturated rings. The fourth-order valence-electron chi connectivity index (χ4n) is 3.26. The van der Waals surface area contributed by atoms with E-state index in [9.17, 15) is 9.59 Å². The first-order valence-corrected chi connectivity index (χ1v) is 8.10. The third-order valence-corrected chi connectivity index (χ3v) is 4.64. The van der Waals surface area contributed by atoms with Gasteiger partial charge in [0.05, 0.1) is 19.6 Å². The second-order valence-electron chi connectivity index (χ2n) is 6.04. The van der Waals surface area contributed by atoms with E-state index in [0.29, 0.717) is 32.5 Å². The van der Waals surface area contributed by atoms with E-state index in [2.05, 4.69) is 10.2 Å². The van der Waals surface area contributed by atoms with Crippen molar-refractivity contribution in [1.29, 1.82) is 0 Å². The summed E-state index contributed by atoms with van der Waals surface area (Å²) in [6, 6.07) is 7.50. The average molecular weight is 317 g/mol. The number of ether oxygens (including phenoxy) is 1. The first-order chi connectivity index (χ1) is 11.2. The number of hydrogen-bond acceptors (Lipinski definition) is 4. The van der Waals surface area contributed by atoms with Crippen molar-refractivity contribution in [2.45, 2.75) is 18.9 Å². The van der Waals surface area contributed by atoms with Crippen molar-refractivity contribution in [3.63, 3.8) is 0 Å². The summed E-state index contributed by atoms with van der Waals surface area (Å²) >= 11 is 0. The van der Waals surface area contributed by atoms with Crippen molar-refractivity contribution in [2.24, 2.45) is 0 Å². The van der Waals surface area contributed by atoms with Crippen molar-refractivity contribution in [2.75, 3.05) is 39.8 Å². The maximum Gasteiger partial charge on any atom is 0.237 e. The van der Waals surface area contributed by atoms with Gasteiger partial charge in [0.1, 0.15) is 5.75 Å². The number of methoxy groups -OCH3 is 1. The number of amides is 2. The minimum absolute atomic E-state index is 0.0810. The van der Waals surface area contributed by atoms with E-state index < -0.39 is 0 Å². The van der Waals surface area contributed by atoms with Gasteiger partial charge in [-0.2, -0.15) is 0 Å². The lowest BCUT2D eigenvalue weighted by Gasteiger charge is -2.32. The van der Waals surface area contributed by atoms with Crippen LogP contribution in [-0.4, -0.2) is 67.5 Å². The zero-order valence-electron chi connectivity index (χ0n) is 13.5. The van der Waals surface area contributed by atoms with Crippen molar-refractivity contribution >= 4 is 11.8 Å². The summed E-state index contributed by atoms with van der Waals surface area (Å²) in [7, 11) is 1.63. The molecule has 3 rings (SSSR count).